The molecular weight excluding hydrogens is 424 g/mol. The maximum Gasteiger partial charge on any atom is 0.236 e. The van der Waals surface area contributed by atoms with Crippen LogP contribution in [0.1, 0.15) is 18.9 Å². The van der Waals surface area contributed by atoms with Crippen LogP contribution < -0.4 is 5.32 Å². The topological polar surface area (TPSA) is 85.6 Å². The molecule has 0 unspecified atom stereocenters. The highest BCUT2D eigenvalue weighted by Crippen LogP contribution is 2.41. The Bertz CT molecular complexity index is 876. The number of nitrogens with one attached hydrogen (secondary N) is 1. The average Bonchev–Trinajstić information content (AvgIpc) is 3.15. The van der Waals surface area contributed by atoms with Gasteiger partial charge in [0.05, 0.1) is 5.75 Å². The second-order valence-corrected chi connectivity index (χ2v) is 8.19. The fourth-order valence-electron chi connectivity index (χ4n) is 2.35. The number of carbonyl (C=O) groups is 1. The highest BCUT2D eigenvalue weighted by Gasteiger charge is 2.30. The van der Waals surface area contributed by atoms with Gasteiger partial charge in [0, 0.05) is 16.1 Å². The third-order valence-electron chi connectivity index (χ3n) is 3.62. The van der Waals surface area contributed by atoms with Gasteiger partial charge in [-0.1, -0.05) is 51.2 Å². The molecule has 4 rings (SSSR count). The zero-order chi connectivity index (χ0) is 17.2. The van der Waals surface area contributed by atoms with Gasteiger partial charge in [0.25, 0.3) is 0 Å². The molecule has 1 saturated carbocycles. The van der Waals surface area contributed by atoms with Gasteiger partial charge in [0.2, 0.25) is 11.0 Å². The van der Waals surface area contributed by atoms with Gasteiger partial charge in [-0.15, -0.1) is 20.4 Å². The van der Waals surface area contributed by atoms with Crippen LogP contribution in [0.3, 0.4) is 0 Å². The smallest absolute Gasteiger partial charge is 0.236 e. The quantitative estimate of drug-likeness (QED) is 0.593. The molecule has 10 heteroatoms. The summed E-state index contributed by atoms with van der Waals surface area (Å²) in [5, 5.41) is 20.2. The fraction of sp³-hybridized carbons (Fsp3) is 0.267. The number of halogens is 1. The number of nitrogens with zero attached hydrogens (tertiary/aromatic N) is 5. The van der Waals surface area contributed by atoms with Crippen LogP contribution in [-0.2, 0) is 4.79 Å². The lowest BCUT2D eigenvalue weighted by Gasteiger charge is -2.08. The van der Waals surface area contributed by atoms with E-state index in [0.29, 0.717) is 11.2 Å². The summed E-state index contributed by atoms with van der Waals surface area (Å²) in [7, 11) is 0. The van der Waals surface area contributed by atoms with E-state index in [0.717, 1.165) is 33.9 Å². The van der Waals surface area contributed by atoms with Gasteiger partial charge in [0.15, 0.2) is 11.0 Å². The Balaban J connectivity index is 1.50. The Morgan fingerprint density at radius 2 is 2.08 bits per heavy atom. The molecule has 2 aromatic heterocycles. The Morgan fingerprint density at radius 3 is 2.76 bits per heavy atom. The van der Waals surface area contributed by atoms with Crippen molar-refractivity contribution in [1.82, 2.24) is 25.0 Å². The Labute approximate surface area is 160 Å². The summed E-state index contributed by atoms with van der Waals surface area (Å²) in [5.74, 6) is 0.976. The molecule has 1 amide bonds. The van der Waals surface area contributed by atoms with Crippen LogP contribution in [-0.4, -0.2) is 36.6 Å². The van der Waals surface area contributed by atoms with Crippen molar-refractivity contribution in [3.05, 3.63) is 34.2 Å². The summed E-state index contributed by atoms with van der Waals surface area (Å²) in [6.45, 7) is 0. The van der Waals surface area contributed by atoms with Crippen molar-refractivity contribution in [2.45, 2.75) is 24.0 Å². The summed E-state index contributed by atoms with van der Waals surface area (Å²) in [6, 6.07) is 8.43. The predicted molar refractivity (Wildman–Crippen MR) is 101 cm³/mol. The molecule has 1 aliphatic carbocycles. The molecule has 0 radical (unpaired) electrons. The van der Waals surface area contributed by atoms with Crippen LogP contribution >= 0.6 is 39.0 Å². The molecule has 7 nitrogen and oxygen atoms in total. The summed E-state index contributed by atoms with van der Waals surface area (Å²) >= 11 is 6.13. The molecule has 0 bridgehead atoms. The number of benzene rings is 1. The van der Waals surface area contributed by atoms with Gasteiger partial charge in [-0.25, -0.2) is 0 Å². The van der Waals surface area contributed by atoms with Crippen LogP contribution in [0.15, 0.2) is 39.4 Å². The number of rotatable bonds is 6. The average molecular weight is 437 g/mol. The van der Waals surface area contributed by atoms with Crippen molar-refractivity contribution in [1.29, 1.82) is 0 Å². The molecule has 3 aromatic rings. The lowest BCUT2D eigenvalue weighted by molar-refractivity contribution is -0.113. The molecule has 0 saturated heterocycles. The summed E-state index contributed by atoms with van der Waals surface area (Å²) in [4.78, 5) is 12.0. The number of hydrogen-bond donors (Lipinski definition) is 1. The fourth-order valence-corrected chi connectivity index (χ4v) is 3.88. The number of carbonyl (C=O) groups excluding carboxylic acids is 1. The molecule has 1 fully saturated rings. The van der Waals surface area contributed by atoms with E-state index < -0.39 is 0 Å². The Kier molecular flexibility index (Phi) is 4.82. The summed E-state index contributed by atoms with van der Waals surface area (Å²) in [6.07, 6.45) is 2.23. The molecule has 1 N–H and O–H groups in total. The summed E-state index contributed by atoms with van der Waals surface area (Å²) < 4.78 is 3.17. The first kappa shape index (κ1) is 16.7. The molecular formula is C15H13BrN6OS2. The monoisotopic (exact) mass is 436 g/mol. The molecule has 128 valence electrons. The number of anilines is 1. The van der Waals surface area contributed by atoms with Crippen molar-refractivity contribution in [3.63, 3.8) is 0 Å². The van der Waals surface area contributed by atoms with Crippen molar-refractivity contribution >= 4 is 50.1 Å². The first-order valence-electron chi connectivity index (χ1n) is 7.60. The highest BCUT2D eigenvalue weighted by molar-refractivity contribution is 9.10. The minimum Gasteiger partial charge on any atom is -0.300 e. The minimum atomic E-state index is -0.128. The highest BCUT2D eigenvalue weighted by atomic mass is 79.9. The molecule has 0 aliphatic heterocycles. The van der Waals surface area contributed by atoms with Crippen LogP contribution in [0.4, 0.5) is 5.13 Å². The maximum absolute atomic E-state index is 12.0. The van der Waals surface area contributed by atoms with E-state index in [4.69, 9.17) is 0 Å². The normalized spacial score (nSPS) is 13.8. The SMILES string of the molecule is O=C(CSc1nnc(-c2ccc(Br)cc2)n1C1CC1)Nc1nncs1. The van der Waals surface area contributed by atoms with Crippen molar-refractivity contribution in [2.24, 2.45) is 0 Å². The molecule has 0 spiro atoms. The van der Waals surface area contributed by atoms with E-state index in [1.54, 1.807) is 5.51 Å². The number of hydrogen-bond acceptors (Lipinski definition) is 7. The first-order chi connectivity index (χ1) is 12.2. The third kappa shape index (κ3) is 3.91. The van der Waals surface area contributed by atoms with Crippen molar-refractivity contribution < 1.29 is 4.79 Å². The second-order valence-electron chi connectivity index (χ2n) is 5.49. The van der Waals surface area contributed by atoms with Crippen LogP contribution in [0, 0.1) is 0 Å². The van der Waals surface area contributed by atoms with E-state index in [2.05, 4.69) is 46.2 Å². The number of thioether (sulfide) groups is 1. The lowest BCUT2D eigenvalue weighted by Crippen LogP contribution is -2.14. The second kappa shape index (κ2) is 7.22. The third-order valence-corrected chi connectivity index (χ3v) is 5.70. The van der Waals surface area contributed by atoms with Gasteiger partial charge in [-0.3, -0.25) is 14.7 Å². The van der Waals surface area contributed by atoms with Crippen LogP contribution in [0.2, 0.25) is 0 Å². The van der Waals surface area contributed by atoms with E-state index in [-0.39, 0.29) is 11.7 Å². The molecule has 1 aliphatic rings. The zero-order valence-corrected chi connectivity index (χ0v) is 16.1. The number of amides is 1. The molecule has 25 heavy (non-hydrogen) atoms. The number of aromatic nitrogens is 5. The summed E-state index contributed by atoms with van der Waals surface area (Å²) in [5.41, 5.74) is 2.60. The van der Waals surface area contributed by atoms with Gasteiger partial charge in [0.1, 0.15) is 5.51 Å². The minimum absolute atomic E-state index is 0.128. The van der Waals surface area contributed by atoms with Crippen molar-refractivity contribution in [3.8, 4) is 11.4 Å². The maximum atomic E-state index is 12.0. The molecule has 2 heterocycles. The van der Waals surface area contributed by atoms with Gasteiger partial charge < -0.3 is 0 Å². The van der Waals surface area contributed by atoms with E-state index in [9.17, 15) is 4.79 Å². The van der Waals surface area contributed by atoms with Gasteiger partial charge >= 0.3 is 0 Å². The lowest BCUT2D eigenvalue weighted by atomic mass is 10.2. The molecule has 0 atom stereocenters. The van der Waals surface area contributed by atoms with Crippen LogP contribution in [0.5, 0.6) is 0 Å². The first-order valence-corrected chi connectivity index (χ1v) is 10.3. The zero-order valence-electron chi connectivity index (χ0n) is 12.9. The van der Waals surface area contributed by atoms with E-state index in [1.165, 1.54) is 23.1 Å². The Hall–Kier alpha value is -1.78. The molecule has 1 aromatic carbocycles. The van der Waals surface area contributed by atoms with Gasteiger partial charge in [-0.05, 0) is 25.0 Å². The van der Waals surface area contributed by atoms with Crippen LogP contribution in [0.25, 0.3) is 11.4 Å². The van der Waals surface area contributed by atoms with E-state index in [1.807, 2.05) is 24.3 Å². The standard InChI is InChI=1S/C15H13BrN6OS2/c16-10-3-1-9(2-4-10)13-19-21-15(22(13)11-5-6-11)24-7-12(23)18-14-20-17-8-25-14/h1-4,8,11H,5-7H2,(H,18,20,23). The van der Waals surface area contributed by atoms with Crippen molar-refractivity contribution in [2.75, 3.05) is 11.1 Å². The Morgan fingerprint density at radius 1 is 1.28 bits per heavy atom. The predicted octanol–water partition coefficient (Wildman–Crippen LogP) is 3.62. The largest absolute Gasteiger partial charge is 0.300 e. The van der Waals surface area contributed by atoms with E-state index >= 15 is 0 Å². The van der Waals surface area contributed by atoms with Gasteiger partial charge in [-0.2, -0.15) is 0 Å².